The van der Waals surface area contributed by atoms with Crippen LogP contribution in [-0.2, 0) is 27.1 Å². The van der Waals surface area contributed by atoms with Crippen LogP contribution in [0.1, 0.15) is 59.7 Å². The van der Waals surface area contributed by atoms with Crippen molar-refractivity contribution < 1.29 is 18.8 Å². The summed E-state index contributed by atoms with van der Waals surface area (Å²) >= 11 is 0. The molecule has 1 saturated heterocycles. The van der Waals surface area contributed by atoms with E-state index in [0.717, 1.165) is 16.7 Å². The predicted octanol–water partition coefficient (Wildman–Crippen LogP) is 2.63. The van der Waals surface area contributed by atoms with Crippen LogP contribution < -0.4 is 5.46 Å². The number of amides is 1. The highest BCUT2D eigenvalue weighted by Crippen LogP contribution is 2.36. The normalized spacial score (nSPS) is 21.4. The van der Waals surface area contributed by atoms with Gasteiger partial charge in [-0.1, -0.05) is 6.07 Å². The highest BCUT2D eigenvalue weighted by Gasteiger charge is 2.52. The molecule has 1 aromatic rings. The summed E-state index contributed by atoms with van der Waals surface area (Å²) in [5.74, 6) is 0. The fourth-order valence-electron chi connectivity index (χ4n) is 2.84. The number of pyridine rings is 1. The summed E-state index contributed by atoms with van der Waals surface area (Å²) in [5, 5.41) is 0. The molecule has 0 spiro atoms. The minimum atomic E-state index is -0.507. The van der Waals surface area contributed by atoms with Crippen LogP contribution in [0.4, 0.5) is 4.79 Å². The van der Waals surface area contributed by atoms with E-state index in [1.807, 2.05) is 54.5 Å². The maximum atomic E-state index is 12.3. The average molecular weight is 346 g/mol. The molecule has 1 fully saturated rings. The first-order chi connectivity index (χ1) is 11.4. The van der Waals surface area contributed by atoms with E-state index in [9.17, 15) is 4.79 Å². The standard InChI is InChI=1S/C18H27BN2O4/c1-16(2,3)23-15(22)21-10-12-8-13(9-20-14(12)11-21)19-24-17(4,5)18(6,7)25-19/h8-9H,10-11H2,1-7H3. The Morgan fingerprint density at radius 2 is 1.80 bits per heavy atom. The Morgan fingerprint density at radius 1 is 1.20 bits per heavy atom. The van der Waals surface area contributed by atoms with Gasteiger partial charge in [-0.15, -0.1) is 0 Å². The second-order valence-electron chi connectivity index (χ2n) is 8.80. The first-order valence-corrected chi connectivity index (χ1v) is 8.69. The molecule has 1 amide bonds. The second-order valence-corrected chi connectivity index (χ2v) is 8.80. The predicted molar refractivity (Wildman–Crippen MR) is 95.4 cm³/mol. The SMILES string of the molecule is CC(C)(C)OC(=O)N1Cc2cc(B3OC(C)(C)C(C)(C)O3)cnc2C1. The van der Waals surface area contributed by atoms with Gasteiger partial charge in [0.2, 0.25) is 0 Å². The summed E-state index contributed by atoms with van der Waals surface area (Å²) in [6.07, 6.45) is 1.46. The van der Waals surface area contributed by atoms with Gasteiger partial charge >= 0.3 is 13.2 Å². The number of aromatic nitrogens is 1. The number of carbonyl (C=O) groups is 1. The van der Waals surface area contributed by atoms with Gasteiger partial charge in [0.05, 0.1) is 30.0 Å². The second kappa shape index (κ2) is 5.71. The minimum absolute atomic E-state index is 0.317. The van der Waals surface area contributed by atoms with E-state index in [4.69, 9.17) is 14.0 Å². The summed E-state index contributed by atoms with van der Waals surface area (Å²) in [6.45, 7) is 14.7. The topological polar surface area (TPSA) is 60.9 Å². The van der Waals surface area contributed by atoms with Gasteiger partial charge < -0.3 is 14.0 Å². The Labute approximate surface area is 150 Å². The number of carbonyl (C=O) groups excluding carboxylic acids is 1. The molecule has 2 aliphatic heterocycles. The zero-order chi connectivity index (χ0) is 18.6. The molecule has 0 aliphatic carbocycles. The van der Waals surface area contributed by atoms with Crippen molar-refractivity contribution in [3.63, 3.8) is 0 Å². The monoisotopic (exact) mass is 346 g/mol. The first kappa shape index (κ1) is 18.2. The molecule has 0 unspecified atom stereocenters. The van der Waals surface area contributed by atoms with Crippen LogP contribution in [0.3, 0.4) is 0 Å². The molecule has 25 heavy (non-hydrogen) atoms. The maximum Gasteiger partial charge on any atom is 0.496 e. The third kappa shape index (κ3) is 3.53. The van der Waals surface area contributed by atoms with Crippen molar-refractivity contribution in [2.75, 3.05) is 0 Å². The van der Waals surface area contributed by atoms with Gasteiger partial charge in [0.25, 0.3) is 0 Å². The minimum Gasteiger partial charge on any atom is -0.444 e. The Kier molecular flexibility index (Phi) is 4.16. The average Bonchev–Trinajstić information content (AvgIpc) is 2.95. The fraction of sp³-hybridized carbons (Fsp3) is 0.667. The number of nitrogens with zero attached hydrogens (tertiary/aromatic N) is 2. The summed E-state index contributed by atoms with van der Waals surface area (Å²) < 4.78 is 17.6. The Hall–Kier alpha value is -1.60. The molecule has 136 valence electrons. The molecule has 0 bridgehead atoms. The number of hydrogen-bond acceptors (Lipinski definition) is 5. The van der Waals surface area contributed by atoms with E-state index >= 15 is 0 Å². The lowest BCUT2D eigenvalue weighted by Gasteiger charge is -2.32. The van der Waals surface area contributed by atoms with E-state index < -0.39 is 12.7 Å². The van der Waals surface area contributed by atoms with Gasteiger partial charge in [-0.05, 0) is 54.0 Å². The Morgan fingerprint density at radius 3 is 2.36 bits per heavy atom. The third-order valence-electron chi connectivity index (χ3n) is 4.96. The van der Waals surface area contributed by atoms with Crippen molar-refractivity contribution in [1.82, 2.24) is 9.88 Å². The molecule has 0 N–H and O–H groups in total. The molecule has 3 heterocycles. The maximum absolute atomic E-state index is 12.3. The van der Waals surface area contributed by atoms with Crippen molar-refractivity contribution in [2.45, 2.75) is 78.4 Å². The lowest BCUT2D eigenvalue weighted by atomic mass is 9.79. The molecule has 3 rings (SSSR count). The number of hydrogen-bond donors (Lipinski definition) is 0. The van der Waals surface area contributed by atoms with Crippen molar-refractivity contribution in [1.29, 1.82) is 0 Å². The van der Waals surface area contributed by atoms with Crippen LogP contribution in [0, 0.1) is 0 Å². The number of fused-ring (bicyclic) bond motifs is 1. The molecule has 0 radical (unpaired) electrons. The lowest BCUT2D eigenvalue weighted by Crippen LogP contribution is -2.41. The molecule has 7 heteroatoms. The molecule has 0 aromatic carbocycles. The molecular weight excluding hydrogens is 319 g/mol. The smallest absolute Gasteiger partial charge is 0.444 e. The quantitative estimate of drug-likeness (QED) is 0.732. The molecule has 1 aromatic heterocycles. The van der Waals surface area contributed by atoms with Gasteiger partial charge in [0, 0.05) is 11.7 Å². The Bertz CT molecular complexity index is 681. The first-order valence-electron chi connectivity index (χ1n) is 8.69. The largest absolute Gasteiger partial charge is 0.496 e. The van der Waals surface area contributed by atoms with Gasteiger partial charge in [-0.2, -0.15) is 0 Å². The fourth-order valence-corrected chi connectivity index (χ4v) is 2.84. The van der Waals surface area contributed by atoms with E-state index in [2.05, 4.69) is 4.98 Å². The van der Waals surface area contributed by atoms with Crippen LogP contribution in [-0.4, -0.2) is 39.9 Å². The van der Waals surface area contributed by atoms with Gasteiger partial charge in [-0.3, -0.25) is 9.88 Å². The zero-order valence-electron chi connectivity index (χ0n) is 16.2. The summed E-state index contributed by atoms with van der Waals surface area (Å²) in [7, 11) is -0.446. The van der Waals surface area contributed by atoms with Crippen LogP contribution in [0.25, 0.3) is 0 Å². The molecule has 0 atom stereocenters. The lowest BCUT2D eigenvalue weighted by molar-refractivity contribution is 0.00578. The van der Waals surface area contributed by atoms with E-state index in [-0.39, 0.29) is 17.3 Å². The van der Waals surface area contributed by atoms with Crippen molar-refractivity contribution in [3.8, 4) is 0 Å². The summed E-state index contributed by atoms with van der Waals surface area (Å²) in [4.78, 5) is 18.5. The van der Waals surface area contributed by atoms with E-state index in [0.29, 0.717) is 13.1 Å². The third-order valence-corrected chi connectivity index (χ3v) is 4.96. The van der Waals surface area contributed by atoms with Crippen molar-refractivity contribution in [2.24, 2.45) is 0 Å². The van der Waals surface area contributed by atoms with Crippen LogP contribution >= 0.6 is 0 Å². The van der Waals surface area contributed by atoms with Crippen molar-refractivity contribution >= 4 is 18.7 Å². The van der Waals surface area contributed by atoms with Gasteiger partial charge in [0.1, 0.15) is 5.60 Å². The van der Waals surface area contributed by atoms with Crippen LogP contribution in [0.15, 0.2) is 12.3 Å². The van der Waals surface area contributed by atoms with E-state index in [1.165, 1.54) is 0 Å². The molecule has 2 aliphatic rings. The zero-order valence-corrected chi connectivity index (χ0v) is 16.2. The number of rotatable bonds is 1. The van der Waals surface area contributed by atoms with Crippen molar-refractivity contribution in [3.05, 3.63) is 23.5 Å². The van der Waals surface area contributed by atoms with Gasteiger partial charge in [-0.25, -0.2) is 4.79 Å². The molecule has 0 saturated carbocycles. The van der Waals surface area contributed by atoms with E-state index in [1.54, 1.807) is 11.1 Å². The highest BCUT2D eigenvalue weighted by atomic mass is 16.7. The molecule has 6 nitrogen and oxygen atoms in total. The Balaban J connectivity index is 1.74. The van der Waals surface area contributed by atoms with Crippen LogP contribution in [0.2, 0.25) is 0 Å². The van der Waals surface area contributed by atoms with Gasteiger partial charge in [0.15, 0.2) is 0 Å². The highest BCUT2D eigenvalue weighted by molar-refractivity contribution is 6.62. The summed E-state index contributed by atoms with van der Waals surface area (Å²) in [6, 6.07) is 2.02. The number of ether oxygens (including phenoxy) is 1. The summed E-state index contributed by atoms with van der Waals surface area (Å²) in [5.41, 5.74) is 1.50. The van der Waals surface area contributed by atoms with Crippen LogP contribution in [0.5, 0.6) is 0 Å². The molecular formula is C18H27BN2O4.